The molecule has 0 unspecified atom stereocenters. The standard InChI is InChI=1S/C15H9NO4/c17-8-9-1-4-14(20-9)11-2-3-12(15(18)19)10-5-6-16-7-13(10)11/h1-8H,(H,18,19). The number of fused-ring (bicyclic) bond motifs is 1. The molecule has 1 aromatic carbocycles. The van der Waals surface area contributed by atoms with Gasteiger partial charge in [-0.25, -0.2) is 4.79 Å². The summed E-state index contributed by atoms with van der Waals surface area (Å²) in [5.74, 6) is -0.276. The molecule has 0 fully saturated rings. The highest BCUT2D eigenvalue weighted by Gasteiger charge is 2.14. The van der Waals surface area contributed by atoms with E-state index in [9.17, 15) is 14.7 Å². The van der Waals surface area contributed by atoms with Gasteiger partial charge in [0.2, 0.25) is 0 Å². The van der Waals surface area contributed by atoms with E-state index in [1.807, 2.05) is 0 Å². The Labute approximate surface area is 113 Å². The summed E-state index contributed by atoms with van der Waals surface area (Å²) in [6.45, 7) is 0. The summed E-state index contributed by atoms with van der Waals surface area (Å²) < 4.78 is 5.38. The van der Waals surface area contributed by atoms with Crippen molar-refractivity contribution in [2.45, 2.75) is 0 Å². The number of hydrogen-bond acceptors (Lipinski definition) is 4. The molecule has 0 amide bonds. The highest BCUT2D eigenvalue weighted by molar-refractivity contribution is 6.07. The van der Waals surface area contributed by atoms with Crippen molar-refractivity contribution in [3.05, 3.63) is 54.0 Å². The minimum absolute atomic E-state index is 0.202. The second-order valence-electron chi connectivity index (χ2n) is 4.21. The molecule has 0 aliphatic rings. The SMILES string of the molecule is O=Cc1ccc(-c2ccc(C(=O)O)c3ccncc23)o1. The van der Waals surface area contributed by atoms with E-state index < -0.39 is 5.97 Å². The van der Waals surface area contributed by atoms with Gasteiger partial charge in [0, 0.05) is 23.3 Å². The van der Waals surface area contributed by atoms with E-state index in [2.05, 4.69) is 4.98 Å². The van der Waals surface area contributed by atoms with Gasteiger partial charge in [0.1, 0.15) is 5.76 Å². The minimum atomic E-state index is -0.999. The average Bonchev–Trinajstić information content (AvgIpc) is 2.94. The number of aromatic nitrogens is 1. The van der Waals surface area contributed by atoms with E-state index in [1.165, 1.54) is 12.3 Å². The topological polar surface area (TPSA) is 80.4 Å². The van der Waals surface area contributed by atoms with E-state index >= 15 is 0 Å². The highest BCUT2D eigenvalue weighted by Crippen LogP contribution is 2.31. The van der Waals surface area contributed by atoms with Crippen LogP contribution in [0.3, 0.4) is 0 Å². The van der Waals surface area contributed by atoms with Gasteiger partial charge in [0.25, 0.3) is 0 Å². The monoisotopic (exact) mass is 267 g/mol. The van der Waals surface area contributed by atoms with Crippen molar-refractivity contribution in [3.8, 4) is 11.3 Å². The normalized spacial score (nSPS) is 10.6. The van der Waals surface area contributed by atoms with Crippen molar-refractivity contribution >= 4 is 23.0 Å². The summed E-state index contributed by atoms with van der Waals surface area (Å²) in [6, 6.07) is 8.05. The van der Waals surface area contributed by atoms with E-state index in [-0.39, 0.29) is 11.3 Å². The van der Waals surface area contributed by atoms with Gasteiger partial charge < -0.3 is 9.52 Å². The van der Waals surface area contributed by atoms with Crippen LogP contribution in [-0.2, 0) is 0 Å². The number of carboxylic acids is 1. The number of hydrogen-bond donors (Lipinski definition) is 1. The summed E-state index contributed by atoms with van der Waals surface area (Å²) in [6.07, 6.45) is 3.74. The molecular weight excluding hydrogens is 258 g/mol. The fourth-order valence-corrected chi connectivity index (χ4v) is 2.15. The Morgan fingerprint density at radius 1 is 1.15 bits per heavy atom. The van der Waals surface area contributed by atoms with Gasteiger partial charge in [-0.2, -0.15) is 0 Å². The zero-order valence-corrected chi connectivity index (χ0v) is 10.2. The molecule has 5 heteroatoms. The first-order valence-electron chi connectivity index (χ1n) is 5.86. The number of nitrogens with zero attached hydrogens (tertiary/aromatic N) is 1. The molecule has 0 saturated carbocycles. The van der Waals surface area contributed by atoms with Crippen LogP contribution in [-0.4, -0.2) is 22.3 Å². The fourth-order valence-electron chi connectivity index (χ4n) is 2.15. The lowest BCUT2D eigenvalue weighted by molar-refractivity contribution is 0.0699. The molecular formula is C15H9NO4. The van der Waals surface area contributed by atoms with Crippen LogP contribution in [0.4, 0.5) is 0 Å². The summed E-state index contributed by atoms with van der Waals surface area (Å²) >= 11 is 0. The first-order chi connectivity index (χ1) is 9.70. The van der Waals surface area contributed by atoms with Crippen LogP contribution in [0, 0.1) is 0 Å². The predicted octanol–water partition coefficient (Wildman–Crippen LogP) is 3.01. The molecule has 20 heavy (non-hydrogen) atoms. The summed E-state index contributed by atoms with van der Waals surface area (Å²) in [4.78, 5) is 25.9. The van der Waals surface area contributed by atoms with Crippen LogP contribution in [0.15, 0.2) is 47.1 Å². The minimum Gasteiger partial charge on any atom is -0.478 e. The van der Waals surface area contributed by atoms with Crippen LogP contribution < -0.4 is 0 Å². The van der Waals surface area contributed by atoms with Crippen molar-refractivity contribution in [1.82, 2.24) is 4.98 Å². The summed E-state index contributed by atoms with van der Waals surface area (Å²) in [7, 11) is 0. The Balaban J connectivity index is 2.30. The largest absolute Gasteiger partial charge is 0.478 e. The molecule has 5 nitrogen and oxygen atoms in total. The Hall–Kier alpha value is -2.95. The van der Waals surface area contributed by atoms with Gasteiger partial charge in [0.05, 0.1) is 5.56 Å². The number of carbonyl (C=O) groups excluding carboxylic acids is 1. The van der Waals surface area contributed by atoms with Crippen LogP contribution in [0.25, 0.3) is 22.1 Å². The van der Waals surface area contributed by atoms with Gasteiger partial charge in [-0.05, 0) is 35.7 Å². The smallest absolute Gasteiger partial charge is 0.336 e. The quantitative estimate of drug-likeness (QED) is 0.738. The van der Waals surface area contributed by atoms with Gasteiger partial charge >= 0.3 is 5.97 Å². The first kappa shape index (κ1) is 12.1. The van der Waals surface area contributed by atoms with Crippen LogP contribution in [0.5, 0.6) is 0 Å². The average molecular weight is 267 g/mol. The number of benzene rings is 1. The lowest BCUT2D eigenvalue weighted by atomic mass is 10.00. The molecule has 98 valence electrons. The Morgan fingerprint density at radius 2 is 2.00 bits per heavy atom. The summed E-state index contributed by atoms with van der Waals surface area (Å²) in [5, 5.41) is 10.4. The third-order valence-corrected chi connectivity index (χ3v) is 3.06. The number of carbonyl (C=O) groups is 2. The maximum absolute atomic E-state index is 11.2. The maximum atomic E-state index is 11.2. The number of furan rings is 1. The number of aldehydes is 1. The molecule has 3 rings (SSSR count). The molecule has 2 heterocycles. The number of pyridine rings is 1. The molecule has 0 aliphatic carbocycles. The van der Waals surface area contributed by atoms with Crippen LogP contribution in [0.2, 0.25) is 0 Å². The predicted molar refractivity (Wildman–Crippen MR) is 71.8 cm³/mol. The lowest BCUT2D eigenvalue weighted by Gasteiger charge is -2.06. The first-order valence-corrected chi connectivity index (χ1v) is 5.86. The van der Waals surface area contributed by atoms with Gasteiger partial charge in [0.15, 0.2) is 12.0 Å². The van der Waals surface area contributed by atoms with E-state index in [0.717, 1.165) is 0 Å². The number of aromatic carboxylic acids is 1. The molecule has 0 spiro atoms. The van der Waals surface area contributed by atoms with Crippen molar-refractivity contribution in [1.29, 1.82) is 0 Å². The fraction of sp³-hybridized carbons (Fsp3) is 0. The molecule has 0 saturated heterocycles. The lowest BCUT2D eigenvalue weighted by Crippen LogP contribution is -1.98. The number of carboxylic acid groups (broad SMARTS) is 1. The molecule has 1 N–H and O–H groups in total. The second kappa shape index (κ2) is 4.62. The zero-order chi connectivity index (χ0) is 14.1. The molecule has 0 atom stereocenters. The van der Waals surface area contributed by atoms with Crippen molar-refractivity contribution in [3.63, 3.8) is 0 Å². The van der Waals surface area contributed by atoms with Crippen molar-refractivity contribution < 1.29 is 19.1 Å². The molecule has 0 aliphatic heterocycles. The Kier molecular flexibility index (Phi) is 2.80. The van der Waals surface area contributed by atoms with Crippen LogP contribution >= 0.6 is 0 Å². The Morgan fingerprint density at radius 3 is 2.70 bits per heavy atom. The van der Waals surface area contributed by atoms with E-state index in [1.54, 1.807) is 30.5 Å². The van der Waals surface area contributed by atoms with E-state index in [0.29, 0.717) is 28.4 Å². The molecule has 2 aromatic heterocycles. The molecule has 3 aromatic rings. The van der Waals surface area contributed by atoms with Gasteiger partial charge in [-0.15, -0.1) is 0 Å². The van der Waals surface area contributed by atoms with Gasteiger partial charge in [-0.3, -0.25) is 9.78 Å². The van der Waals surface area contributed by atoms with Crippen molar-refractivity contribution in [2.75, 3.05) is 0 Å². The number of rotatable bonds is 3. The third-order valence-electron chi connectivity index (χ3n) is 3.06. The maximum Gasteiger partial charge on any atom is 0.336 e. The molecule has 0 bridgehead atoms. The highest BCUT2D eigenvalue weighted by atomic mass is 16.4. The third kappa shape index (κ3) is 1.85. The van der Waals surface area contributed by atoms with E-state index in [4.69, 9.17) is 4.42 Å². The van der Waals surface area contributed by atoms with Crippen LogP contribution in [0.1, 0.15) is 20.9 Å². The molecule has 0 radical (unpaired) electrons. The zero-order valence-electron chi connectivity index (χ0n) is 10.2. The van der Waals surface area contributed by atoms with Gasteiger partial charge in [-0.1, -0.05) is 0 Å². The summed E-state index contributed by atoms with van der Waals surface area (Å²) in [5.41, 5.74) is 0.902. The van der Waals surface area contributed by atoms with Crippen molar-refractivity contribution in [2.24, 2.45) is 0 Å². The Bertz CT molecular complexity index is 820. The second-order valence-corrected chi connectivity index (χ2v) is 4.21.